The molecule has 2 unspecified atom stereocenters. The van der Waals surface area contributed by atoms with Crippen molar-refractivity contribution in [2.45, 2.75) is 285 Å². The molecule has 444 valence electrons. The third kappa shape index (κ3) is 51.3. The number of aliphatic hydroxyl groups excluding tert-OH is 1. The number of aliphatic hydroxyl groups is 1. The Bertz CT molecular complexity index is 1500. The summed E-state index contributed by atoms with van der Waals surface area (Å²) in [5.74, 6) is -0.774. The molecule has 3 N–H and O–H groups in total. The molecule has 0 aromatic carbocycles. The van der Waals surface area contributed by atoms with Gasteiger partial charge in [0, 0.05) is 25.7 Å². The molecule has 0 aromatic heterocycles. The molecule has 0 radical (unpaired) electrons. The number of hydrogen-bond donors (Lipinski definition) is 3. The van der Waals surface area contributed by atoms with Crippen LogP contribution in [-0.4, -0.2) is 96.7 Å². The first-order valence-electron chi connectivity index (χ1n) is 29.5. The largest absolute Gasteiger partial charge is 0.472 e. The van der Waals surface area contributed by atoms with Gasteiger partial charge >= 0.3 is 39.5 Å². The fourth-order valence-corrected chi connectivity index (χ4v) is 9.70. The van der Waals surface area contributed by atoms with Crippen molar-refractivity contribution >= 4 is 39.5 Å². The van der Waals surface area contributed by atoms with Gasteiger partial charge in [-0.2, -0.15) is 0 Å². The lowest BCUT2D eigenvalue weighted by Gasteiger charge is -2.21. The summed E-state index contributed by atoms with van der Waals surface area (Å²) in [5, 5.41) is 10.5. The van der Waals surface area contributed by atoms with Crippen molar-refractivity contribution in [3.05, 3.63) is 0 Å². The molecule has 0 saturated heterocycles. The summed E-state index contributed by atoms with van der Waals surface area (Å²) in [4.78, 5) is 71.5. The highest BCUT2D eigenvalue weighted by Crippen LogP contribution is 2.45. The minimum atomic E-state index is -4.93. The highest BCUT2D eigenvalue weighted by atomic mass is 31.2. The molecule has 0 saturated carbocycles. The number of phosphoric acid groups is 2. The molecule has 17 nitrogen and oxygen atoms in total. The Morgan fingerprint density at radius 1 is 0.360 bits per heavy atom. The van der Waals surface area contributed by atoms with Crippen molar-refractivity contribution in [2.24, 2.45) is 11.8 Å². The standard InChI is InChI=1S/C56H108O17P2/c1-7-9-11-13-14-15-16-20-27-33-39-54(59)67-45-52(72-55(60)40-34-28-21-18-17-19-25-30-36-48(3)4)47-71-75(64,65)69-43-50(57)42-68-74(62,63)70-46-51(44-66-53(58)38-32-24-12-10-8-2)73-56(61)41-35-29-23-22-26-31-37-49(5)6/h48-52,57H,7-47H2,1-6H3,(H,62,63)(H,64,65)/t50-,51+,52+/m0/s1. The number of phosphoric ester groups is 2. The van der Waals surface area contributed by atoms with Crippen LogP contribution in [0.15, 0.2) is 0 Å². The Labute approximate surface area is 454 Å². The van der Waals surface area contributed by atoms with Gasteiger partial charge < -0.3 is 33.8 Å². The molecule has 0 aliphatic carbocycles. The molecule has 0 spiro atoms. The average Bonchev–Trinajstić information content (AvgIpc) is 3.36. The van der Waals surface area contributed by atoms with Crippen LogP contribution in [0, 0.1) is 11.8 Å². The molecule has 0 aliphatic heterocycles. The van der Waals surface area contributed by atoms with Crippen LogP contribution in [0.1, 0.15) is 266 Å². The first kappa shape index (κ1) is 73.1. The maximum Gasteiger partial charge on any atom is 0.472 e. The van der Waals surface area contributed by atoms with Gasteiger partial charge in [-0.3, -0.25) is 37.3 Å². The number of hydrogen-bond acceptors (Lipinski definition) is 15. The second-order valence-electron chi connectivity index (χ2n) is 21.3. The first-order chi connectivity index (χ1) is 35.9. The van der Waals surface area contributed by atoms with Crippen molar-refractivity contribution in [1.29, 1.82) is 0 Å². The SMILES string of the molecule is CCCCCCCCCCCCC(=O)OC[C@H](COP(=O)(O)OC[C@@H](O)COP(=O)(O)OC[C@@H](COC(=O)CCCCCCC)OC(=O)CCCCCCCCC(C)C)OC(=O)CCCCCCCCCCC(C)C. The van der Waals surface area contributed by atoms with E-state index >= 15 is 0 Å². The monoisotopic (exact) mass is 1110 g/mol. The predicted octanol–water partition coefficient (Wildman–Crippen LogP) is 14.5. The third-order valence-electron chi connectivity index (χ3n) is 12.7. The van der Waals surface area contributed by atoms with Gasteiger partial charge in [-0.25, -0.2) is 9.13 Å². The fraction of sp³-hybridized carbons (Fsp3) is 0.929. The van der Waals surface area contributed by atoms with E-state index in [1.54, 1.807) is 0 Å². The summed E-state index contributed by atoms with van der Waals surface area (Å²) < 4.78 is 67.4. The van der Waals surface area contributed by atoms with Crippen LogP contribution in [0.3, 0.4) is 0 Å². The minimum absolute atomic E-state index is 0.101. The van der Waals surface area contributed by atoms with Crippen molar-refractivity contribution < 1.29 is 80.2 Å². The zero-order chi connectivity index (χ0) is 55.8. The average molecular weight is 1120 g/mol. The van der Waals surface area contributed by atoms with E-state index < -0.39 is 97.5 Å². The van der Waals surface area contributed by atoms with Crippen molar-refractivity contribution in [3.8, 4) is 0 Å². The summed E-state index contributed by atoms with van der Waals surface area (Å²) in [6.45, 7) is 9.19. The molecule has 75 heavy (non-hydrogen) atoms. The predicted molar refractivity (Wildman–Crippen MR) is 294 cm³/mol. The molecule has 0 amide bonds. The van der Waals surface area contributed by atoms with Gasteiger partial charge in [-0.1, -0.05) is 215 Å². The van der Waals surface area contributed by atoms with Crippen LogP contribution in [0.25, 0.3) is 0 Å². The maximum atomic E-state index is 12.9. The Balaban J connectivity index is 5.19. The lowest BCUT2D eigenvalue weighted by Crippen LogP contribution is -2.30. The van der Waals surface area contributed by atoms with E-state index in [4.69, 9.17) is 37.0 Å². The number of carbonyl (C=O) groups is 4. The van der Waals surface area contributed by atoms with E-state index in [0.717, 1.165) is 102 Å². The Morgan fingerprint density at radius 2 is 0.613 bits per heavy atom. The molecule has 0 aromatic rings. The lowest BCUT2D eigenvalue weighted by molar-refractivity contribution is -0.161. The molecule has 0 heterocycles. The van der Waals surface area contributed by atoms with E-state index in [2.05, 4.69) is 41.5 Å². The summed E-state index contributed by atoms with van der Waals surface area (Å²) in [6.07, 6.45) is 28.5. The van der Waals surface area contributed by atoms with Crippen molar-refractivity contribution in [2.75, 3.05) is 39.6 Å². The van der Waals surface area contributed by atoms with Gasteiger partial charge in [0.25, 0.3) is 0 Å². The molecule has 0 aliphatic rings. The van der Waals surface area contributed by atoms with Crippen LogP contribution in [0.5, 0.6) is 0 Å². The van der Waals surface area contributed by atoms with Crippen LogP contribution in [0.2, 0.25) is 0 Å². The van der Waals surface area contributed by atoms with Gasteiger partial charge in [-0.05, 0) is 37.5 Å². The normalized spacial score (nSPS) is 14.5. The Kier molecular flexibility index (Phi) is 47.9. The van der Waals surface area contributed by atoms with Gasteiger partial charge in [0.05, 0.1) is 26.4 Å². The third-order valence-corrected chi connectivity index (χ3v) is 14.6. The fourth-order valence-electron chi connectivity index (χ4n) is 8.12. The molecule has 0 bridgehead atoms. The summed E-state index contributed by atoms with van der Waals surface area (Å²) in [6, 6.07) is 0. The van der Waals surface area contributed by atoms with Crippen molar-refractivity contribution in [1.82, 2.24) is 0 Å². The van der Waals surface area contributed by atoms with Crippen molar-refractivity contribution in [3.63, 3.8) is 0 Å². The van der Waals surface area contributed by atoms with Gasteiger partial charge in [0.1, 0.15) is 19.3 Å². The highest BCUT2D eigenvalue weighted by molar-refractivity contribution is 7.47. The smallest absolute Gasteiger partial charge is 0.462 e. The maximum absolute atomic E-state index is 12.9. The molecule has 19 heteroatoms. The van der Waals surface area contributed by atoms with E-state index in [-0.39, 0.29) is 25.7 Å². The Hall–Kier alpha value is -1.94. The van der Waals surface area contributed by atoms with E-state index in [0.29, 0.717) is 31.6 Å². The number of esters is 4. The van der Waals surface area contributed by atoms with Gasteiger partial charge in [0.15, 0.2) is 12.2 Å². The molecular weight excluding hydrogens is 1010 g/mol. The van der Waals surface area contributed by atoms with Crippen LogP contribution in [-0.2, 0) is 65.4 Å². The topological polar surface area (TPSA) is 237 Å². The highest BCUT2D eigenvalue weighted by Gasteiger charge is 2.30. The lowest BCUT2D eigenvalue weighted by atomic mass is 10.0. The summed E-state index contributed by atoms with van der Waals surface area (Å²) in [7, 11) is -9.86. The minimum Gasteiger partial charge on any atom is -0.462 e. The first-order valence-corrected chi connectivity index (χ1v) is 32.5. The van der Waals surface area contributed by atoms with E-state index in [1.165, 1.54) is 77.0 Å². The number of unbranched alkanes of at least 4 members (excludes halogenated alkanes) is 25. The van der Waals surface area contributed by atoms with Crippen LogP contribution >= 0.6 is 15.6 Å². The molecule has 0 rings (SSSR count). The van der Waals surface area contributed by atoms with Crippen LogP contribution < -0.4 is 0 Å². The molecule has 0 fully saturated rings. The second-order valence-corrected chi connectivity index (χ2v) is 24.2. The summed E-state index contributed by atoms with van der Waals surface area (Å²) in [5.41, 5.74) is 0. The van der Waals surface area contributed by atoms with Crippen LogP contribution in [0.4, 0.5) is 0 Å². The second kappa shape index (κ2) is 49.1. The van der Waals surface area contributed by atoms with Gasteiger partial charge in [-0.15, -0.1) is 0 Å². The Morgan fingerprint density at radius 3 is 0.907 bits per heavy atom. The molecule has 5 atom stereocenters. The number of ether oxygens (including phenoxy) is 4. The number of rotatable bonds is 55. The quantitative estimate of drug-likeness (QED) is 0.0222. The number of carbonyl (C=O) groups excluding carboxylic acids is 4. The summed E-state index contributed by atoms with van der Waals surface area (Å²) >= 11 is 0. The zero-order valence-corrected chi connectivity index (χ0v) is 49.6. The molecular formula is C56H108O17P2. The van der Waals surface area contributed by atoms with E-state index in [1.807, 2.05) is 0 Å². The van der Waals surface area contributed by atoms with Gasteiger partial charge in [0.2, 0.25) is 0 Å². The zero-order valence-electron chi connectivity index (χ0n) is 47.8. The van der Waals surface area contributed by atoms with E-state index in [9.17, 15) is 43.2 Å².